The molecule has 0 aromatic heterocycles. The molecule has 0 saturated carbocycles. The van der Waals surface area contributed by atoms with Crippen molar-refractivity contribution in [2.75, 3.05) is 0 Å². The predicted molar refractivity (Wildman–Crippen MR) is 175 cm³/mol. The van der Waals surface area contributed by atoms with E-state index >= 15 is 0 Å². The molecule has 9 rings (SSSR count). The molecular formula is C41H28O. The first-order valence-corrected chi connectivity index (χ1v) is 14.7. The van der Waals surface area contributed by atoms with Gasteiger partial charge < -0.3 is 4.74 Å². The average Bonchev–Trinajstić information content (AvgIpc) is 3.26. The molecule has 0 fully saturated rings. The zero-order valence-electron chi connectivity index (χ0n) is 23.6. The van der Waals surface area contributed by atoms with Gasteiger partial charge in [-0.25, -0.2) is 0 Å². The molecule has 0 N–H and O–H groups in total. The smallest absolute Gasteiger partial charge is 0.135 e. The molecule has 0 spiro atoms. The fraction of sp³-hybridized carbons (Fsp3) is 0.0732. The van der Waals surface area contributed by atoms with Crippen LogP contribution >= 0.6 is 0 Å². The number of hydrogen-bond donors (Lipinski definition) is 0. The lowest BCUT2D eigenvalue weighted by atomic mass is 9.81. The highest BCUT2D eigenvalue weighted by atomic mass is 16.5. The van der Waals surface area contributed by atoms with Gasteiger partial charge in [-0.15, -0.1) is 0 Å². The van der Waals surface area contributed by atoms with E-state index in [0.29, 0.717) is 0 Å². The van der Waals surface area contributed by atoms with Gasteiger partial charge in [-0.3, -0.25) is 0 Å². The lowest BCUT2D eigenvalue weighted by molar-refractivity contribution is 0.487. The molecule has 42 heavy (non-hydrogen) atoms. The SMILES string of the molecule is CC1(C)c2ccccc2-c2ccc(-c3ccc4cc(-c5ccc6c(c5)-c5cccc7cccc(c57)O6)ccc4c3)cc21. The molecule has 1 aliphatic heterocycles. The van der Waals surface area contributed by atoms with Crippen molar-refractivity contribution in [3.05, 3.63) is 145 Å². The summed E-state index contributed by atoms with van der Waals surface area (Å²) in [6.45, 7) is 4.69. The maximum absolute atomic E-state index is 6.32. The van der Waals surface area contributed by atoms with Crippen LogP contribution in [0.4, 0.5) is 0 Å². The summed E-state index contributed by atoms with van der Waals surface area (Å²) < 4.78 is 6.32. The lowest BCUT2D eigenvalue weighted by Crippen LogP contribution is -2.14. The van der Waals surface area contributed by atoms with E-state index in [0.717, 1.165) is 17.1 Å². The predicted octanol–water partition coefficient (Wildman–Crippen LogP) is 11.4. The lowest BCUT2D eigenvalue weighted by Gasteiger charge is -2.22. The van der Waals surface area contributed by atoms with Crippen molar-refractivity contribution in [1.82, 2.24) is 0 Å². The molecule has 0 radical (unpaired) electrons. The van der Waals surface area contributed by atoms with Gasteiger partial charge in [0.15, 0.2) is 0 Å². The Morgan fingerprint density at radius 3 is 1.83 bits per heavy atom. The van der Waals surface area contributed by atoms with Crippen LogP contribution in [0.2, 0.25) is 0 Å². The Morgan fingerprint density at radius 2 is 1.02 bits per heavy atom. The van der Waals surface area contributed by atoms with E-state index < -0.39 is 0 Å². The van der Waals surface area contributed by atoms with Crippen LogP contribution in [0.5, 0.6) is 11.5 Å². The second kappa shape index (κ2) is 8.44. The summed E-state index contributed by atoms with van der Waals surface area (Å²) in [4.78, 5) is 0. The molecule has 0 unspecified atom stereocenters. The van der Waals surface area contributed by atoms with Crippen molar-refractivity contribution in [3.8, 4) is 56.0 Å². The second-order valence-corrected chi connectivity index (χ2v) is 12.2. The van der Waals surface area contributed by atoms with Gasteiger partial charge in [0.25, 0.3) is 0 Å². The summed E-state index contributed by atoms with van der Waals surface area (Å²) in [5.74, 6) is 1.84. The third kappa shape index (κ3) is 3.31. The van der Waals surface area contributed by atoms with Crippen LogP contribution in [0.3, 0.4) is 0 Å². The molecule has 7 aromatic carbocycles. The van der Waals surface area contributed by atoms with E-state index in [1.807, 2.05) is 0 Å². The quantitative estimate of drug-likeness (QED) is 0.213. The van der Waals surface area contributed by atoms with E-state index in [9.17, 15) is 0 Å². The van der Waals surface area contributed by atoms with Crippen molar-refractivity contribution in [2.24, 2.45) is 0 Å². The third-order valence-corrected chi connectivity index (χ3v) is 9.45. The normalized spacial score (nSPS) is 13.9. The van der Waals surface area contributed by atoms with Crippen LogP contribution in [0.25, 0.3) is 66.1 Å². The minimum absolute atomic E-state index is 0.00120. The molecule has 0 saturated heterocycles. The molecular weight excluding hydrogens is 508 g/mol. The minimum atomic E-state index is 0.00120. The molecule has 0 amide bonds. The van der Waals surface area contributed by atoms with E-state index in [-0.39, 0.29) is 5.41 Å². The number of benzene rings is 7. The van der Waals surface area contributed by atoms with Gasteiger partial charge in [0.05, 0.1) is 0 Å². The largest absolute Gasteiger partial charge is 0.456 e. The summed E-state index contributed by atoms with van der Waals surface area (Å²) >= 11 is 0. The molecule has 1 heterocycles. The van der Waals surface area contributed by atoms with E-state index in [4.69, 9.17) is 4.74 Å². The van der Waals surface area contributed by atoms with Crippen molar-refractivity contribution in [2.45, 2.75) is 19.3 Å². The molecule has 1 heteroatoms. The number of fused-ring (bicyclic) bond motifs is 6. The first-order chi connectivity index (χ1) is 20.5. The van der Waals surface area contributed by atoms with Gasteiger partial charge in [0.1, 0.15) is 11.5 Å². The second-order valence-electron chi connectivity index (χ2n) is 12.2. The minimum Gasteiger partial charge on any atom is -0.456 e. The van der Waals surface area contributed by atoms with Gasteiger partial charge in [-0.2, -0.15) is 0 Å². The third-order valence-electron chi connectivity index (χ3n) is 9.45. The summed E-state index contributed by atoms with van der Waals surface area (Å²) in [7, 11) is 0. The molecule has 7 aromatic rings. The Bertz CT molecular complexity index is 2250. The maximum Gasteiger partial charge on any atom is 0.135 e. The zero-order valence-corrected chi connectivity index (χ0v) is 23.6. The summed E-state index contributed by atoms with van der Waals surface area (Å²) in [6, 6.07) is 48.8. The Labute approximate surface area is 245 Å². The van der Waals surface area contributed by atoms with Crippen LogP contribution < -0.4 is 4.74 Å². The Hall–Kier alpha value is -5.14. The standard InChI is InChI=1S/C41H28O/c1-41(2)36-11-4-3-9-32(36)33-19-17-31(24-37(33)41)29-16-14-26-21-28(15-13-27(26)22-29)30-18-20-38-35(23-30)34-10-5-7-25-8-6-12-39(42-38)40(25)34/h3-24H,1-2H3. The highest BCUT2D eigenvalue weighted by Gasteiger charge is 2.35. The first kappa shape index (κ1) is 23.6. The first-order valence-electron chi connectivity index (χ1n) is 14.7. The van der Waals surface area contributed by atoms with Gasteiger partial charge in [-0.1, -0.05) is 111 Å². The van der Waals surface area contributed by atoms with Crippen LogP contribution in [-0.2, 0) is 5.41 Å². The summed E-state index contributed by atoms with van der Waals surface area (Å²) in [5, 5.41) is 4.89. The molecule has 198 valence electrons. The Balaban J connectivity index is 1.09. The number of rotatable bonds is 2. The van der Waals surface area contributed by atoms with Crippen molar-refractivity contribution < 1.29 is 4.74 Å². The average molecular weight is 537 g/mol. The van der Waals surface area contributed by atoms with Crippen LogP contribution in [-0.4, -0.2) is 0 Å². The Morgan fingerprint density at radius 1 is 0.405 bits per heavy atom. The topological polar surface area (TPSA) is 9.23 Å². The number of ether oxygens (including phenoxy) is 1. The fourth-order valence-electron chi connectivity index (χ4n) is 7.23. The highest BCUT2D eigenvalue weighted by Crippen LogP contribution is 2.50. The Kier molecular flexibility index (Phi) is 4.73. The monoisotopic (exact) mass is 536 g/mol. The summed E-state index contributed by atoms with van der Waals surface area (Å²) in [6.07, 6.45) is 0. The van der Waals surface area contributed by atoms with E-state index in [1.165, 1.54) is 71.6 Å². The van der Waals surface area contributed by atoms with Crippen LogP contribution in [0, 0.1) is 0 Å². The number of hydrogen-bond acceptors (Lipinski definition) is 1. The van der Waals surface area contributed by atoms with Gasteiger partial charge >= 0.3 is 0 Å². The van der Waals surface area contributed by atoms with Crippen molar-refractivity contribution in [3.63, 3.8) is 0 Å². The summed E-state index contributed by atoms with van der Waals surface area (Å²) in [5.41, 5.74) is 12.9. The van der Waals surface area contributed by atoms with Gasteiger partial charge in [0.2, 0.25) is 0 Å². The molecule has 1 nitrogen and oxygen atoms in total. The van der Waals surface area contributed by atoms with Gasteiger partial charge in [-0.05, 0) is 103 Å². The maximum atomic E-state index is 6.32. The van der Waals surface area contributed by atoms with Crippen LogP contribution in [0.15, 0.2) is 133 Å². The highest BCUT2D eigenvalue weighted by molar-refractivity contribution is 6.04. The van der Waals surface area contributed by atoms with E-state index in [1.54, 1.807) is 0 Å². The van der Waals surface area contributed by atoms with Crippen LogP contribution in [0.1, 0.15) is 25.0 Å². The van der Waals surface area contributed by atoms with Gasteiger partial charge in [0, 0.05) is 16.4 Å². The molecule has 1 aliphatic carbocycles. The molecule has 0 atom stereocenters. The van der Waals surface area contributed by atoms with E-state index in [2.05, 4.69) is 147 Å². The molecule has 0 bridgehead atoms. The van der Waals surface area contributed by atoms with Crippen molar-refractivity contribution >= 4 is 21.5 Å². The zero-order chi connectivity index (χ0) is 28.0. The molecule has 2 aliphatic rings. The van der Waals surface area contributed by atoms with Crippen molar-refractivity contribution in [1.29, 1.82) is 0 Å². The fourth-order valence-corrected chi connectivity index (χ4v) is 7.23.